The predicted molar refractivity (Wildman–Crippen MR) is 112 cm³/mol. The average Bonchev–Trinajstić information content (AvgIpc) is 3.32. The SMILES string of the molecule is Cc1cnc(-c2nc(C(=O)N[C@@H](C)c3ccc(C(=O)NO)cc3)c(C3CC3)s2)s1. The summed E-state index contributed by atoms with van der Waals surface area (Å²) in [4.78, 5) is 35.6. The quantitative estimate of drug-likeness (QED) is 0.406. The minimum absolute atomic E-state index is 0.202. The van der Waals surface area contributed by atoms with Crippen LogP contribution in [0.5, 0.6) is 0 Å². The fourth-order valence-corrected chi connectivity index (χ4v) is 5.02. The van der Waals surface area contributed by atoms with Crippen LogP contribution in [0.1, 0.15) is 67.9 Å². The van der Waals surface area contributed by atoms with Gasteiger partial charge in [-0.05, 0) is 50.3 Å². The van der Waals surface area contributed by atoms with Crippen molar-refractivity contribution < 1.29 is 14.8 Å². The summed E-state index contributed by atoms with van der Waals surface area (Å²) in [6, 6.07) is 6.45. The van der Waals surface area contributed by atoms with Crippen molar-refractivity contribution >= 4 is 34.5 Å². The second-order valence-corrected chi connectivity index (χ2v) is 9.31. The molecule has 4 rings (SSSR count). The van der Waals surface area contributed by atoms with Crippen LogP contribution in [0.15, 0.2) is 30.5 Å². The lowest BCUT2D eigenvalue weighted by Crippen LogP contribution is -2.27. The van der Waals surface area contributed by atoms with Crippen LogP contribution in [0.25, 0.3) is 10.0 Å². The fraction of sp³-hybridized carbons (Fsp3) is 0.300. The summed E-state index contributed by atoms with van der Waals surface area (Å²) < 4.78 is 0. The maximum atomic E-state index is 13.0. The Kier molecular flexibility index (Phi) is 5.44. The third kappa shape index (κ3) is 4.21. The number of nitrogens with zero attached hydrogens (tertiary/aromatic N) is 2. The normalized spacial score (nSPS) is 14.4. The maximum absolute atomic E-state index is 13.0. The molecule has 0 unspecified atom stereocenters. The van der Waals surface area contributed by atoms with E-state index >= 15 is 0 Å². The third-order valence-electron chi connectivity index (χ3n) is 4.74. The van der Waals surface area contributed by atoms with Crippen molar-refractivity contribution in [2.45, 2.75) is 38.6 Å². The van der Waals surface area contributed by atoms with Gasteiger partial charge in [0.05, 0.1) is 6.04 Å². The number of carbonyl (C=O) groups is 2. The monoisotopic (exact) mass is 428 g/mol. The molecule has 0 spiro atoms. The van der Waals surface area contributed by atoms with E-state index in [1.54, 1.807) is 52.4 Å². The van der Waals surface area contributed by atoms with Crippen LogP contribution in [-0.4, -0.2) is 27.0 Å². The molecule has 3 N–H and O–H groups in total. The Hall–Kier alpha value is -2.62. The largest absolute Gasteiger partial charge is 0.344 e. The van der Waals surface area contributed by atoms with Crippen molar-refractivity contribution in [1.82, 2.24) is 20.8 Å². The molecule has 1 fully saturated rings. The molecule has 9 heteroatoms. The van der Waals surface area contributed by atoms with Gasteiger partial charge in [-0.2, -0.15) is 0 Å². The molecule has 3 aromatic rings. The second-order valence-electron chi connectivity index (χ2n) is 7.04. The predicted octanol–water partition coefficient (Wildman–Crippen LogP) is 4.06. The fourth-order valence-electron chi connectivity index (χ4n) is 3.00. The smallest absolute Gasteiger partial charge is 0.274 e. The molecule has 1 aliphatic rings. The molecular weight excluding hydrogens is 408 g/mol. The Balaban J connectivity index is 1.53. The van der Waals surface area contributed by atoms with Crippen molar-refractivity contribution in [3.8, 4) is 10.0 Å². The number of aryl methyl sites for hydroxylation is 1. The Morgan fingerprint density at radius 1 is 1.14 bits per heavy atom. The number of rotatable bonds is 6. The van der Waals surface area contributed by atoms with Crippen molar-refractivity contribution in [3.63, 3.8) is 0 Å². The van der Waals surface area contributed by atoms with E-state index in [0.717, 1.165) is 38.2 Å². The van der Waals surface area contributed by atoms with Gasteiger partial charge in [-0.1, -0.05) is 12.1 Å². The number of hydrogen-bond acceptors (Lipinski definition) is 7. The first kappa shape index (κ1) is 19.7. The lowest BCUT2D eigenvalue weighted by molar-refractivity contribution is 0.0706. The van der Waals surface area contributed by atoms with Gasteiger partial charge in [0.25, 0.3) is 11.8 Å². The molecule has 0 aliphatic heterocycles. The highest BCUT2D eigenvalue weighted by Crippen LogP contribution is 2.46. The molecule has 1 aliphatic carbocycles. The minimum atomic E-state index is -0.574. The molecule has 150 valence electrons. The molecule has 2 aromatic heterocycles. The first-order valence-corrected chi connectivity index (χ1v) is 10.9. The van der Waals surface area contributed by atoms with Crippen LogP contribution < -0.4 is 10.8 Å². The number of benzene rings is 1. The van der Waals surface area contributed by atoms with Crippen molar-refractivity contribution in [1.29, 1.82) is 0 Å². The minimum Gasteiger partial charge on any atom is -0.344 e. The van der Waals surface area contributed by atoms with Crippen molar-refractivity contribution in [3.05, 3.63) is 57.0 Å². The first-order chi connectivity index (χ1) is 14.0. The van der Waals surface area contributed by atoms with Gasteiger partial charge in [0, 0.05) is 21.5 Å². The number of thiazole rings is 2. The summed E-state index contributed by atoms with van der Waals surface area (Å²) in [5.41, 5.74) is 3.29. The van der Waals surface area contributed by atoms with Crippen LogP contribution >= 0.6 is 22.7 Å². The lowest BCUT2D eigenvalue weighted by atomic mass is 10.1. The summed E-state index contributed by atoms with van der Waals surface area (Å²) in [6.07, 6.45) is 3.99. The molecule has 1 atom stereocenters. The number of amides is 2. The van der Waals surface area contributed by atoms with E-state index in [2.05, 4.69) is 15.3 Å². The van der Waals surface area contributed by atoms with Gasteiger partial charge >= 0.3 is 0 Å². The van der Waals surface area contributed by atoms with Crippen LogP contribution in [0, 0.1) is 6.92 Å². The van der Waals surface area contributed by atoms with Gasteiger partial charge in [-0.3, -0.25) is 14.8 Å². The highest BCUT2D eigenvalue weighted by molar-refractivity contribution is 7.21. The molecule has 2 amide bonds. The third-order valence-corrected chi connectivity index (χ3v) is 7.02. The summed E-state index contributed by atoms with van der Waals surface area (Å²) in [7, 11) is 0. The Labute approximate surface area is 175 Å². The number of aromatic nitrogens is 2. The van der Waals surface area contributed by atoms with Crippen LogP contribution in [0.4, 0.5) is 0 Å². The molecule has 1 saturated carbocycles. The molecule has 0 radical (unpaired) electrons. The van der Waals surface area contributed by atoms with E-state index in [-0.39, 0.29) is 11.9 Å². The number of hydrogen-bond donors (Lipinski definition) is 3. The second kappa shape index (κ2) is 8.02. The maximum Gasteiger partial charge on any atom is 0.274 e. The zero-order chi connectivity index (χ0) is 20.5. The zero-order valence-corrected chi connectivity index (χ0v) is 17.6. The van der Waals surface area contributed by atoms with Crippen molar-refractivity contribution in [2.24, 2.45) is 0 Å². The summed E-state index contributed by atoms with van der Waals surface area (Å²) in [6.45, 7) is 3.88. The Morgan fingerprint density at radius 3 is 2.45 bits per heavy atom. The number of nitrogens with one attached hydrogen (secondary N) is 2. The van der Waals surface area contributed by atoms with E-state index in [4.69, 9.17) is 5.21 Å². The van der Waals surface area contributed by atoms with Gasteiger partial charge < -0.3 is 5.32 Å². The molecule has 0 bridgehead atoms. The molecule has 7 nitrogen and oxygen atoms in total. The highest BCUT2D eigenvalue weighted by Gasteiger charge is 2.33. The van der Waals surface area contributed by atoms with E-state index in [0.29, 0.717) is 17.2 Å². The summed E-state index contributed by atoms with van der Waals surface area (Å²) in [5.74, 6) is -0.364. The topological polar surface area (TPSA) is 104 Å². The van der Waals surface area contributed by atoms with Crippen LogP contribution in [0.2, 0.25) is 0 Å². The van der Waals surface area contributed by atoms with Gasteiger partial charge in [0.15, 0.2) is 10.0 Å². The first-order valence-electron chi connectivity index (χ1n) is 9.25. The Bertz CT molecular complexity index is 1050. The summed E-state index contributed by atoms with van der Waals surface area (Å²) >= 11 is 3.14. The number of hydroxylamine groups is 1. The van der Waals surface area contributed by atoms with Gasteiger partial charge in [0.1, 0.15) is 5.69 Å². The standard InChI is InChI=1S/C20H20N4O3S2/c1-10-9-21-19(28-10)20-23-15(16(29-20)13-5-6-13)18(26)22-11(2)12-3-7-14(8-4-12)17(25)24-27/h3-4,7-9,11,13,27H,5-6H2,1-2H3,(H,22,26)(H,24,25)/t11-/m0/s1. The van der Waals surface area contributed by atoms with Crippen molar-refractivity contribution in [2.75, 3.05) is 0 Å². The van der Waals surface area contributed by atoms with E-state index < -0.39 is 5.91 Å². The number of carbonyl (C=O) groups excluding carboxylic acids is 2. The molecule has 2 heterocycles. The van der Waals surface area contributed by atoms with Crippen LogP contribution in [0.3, 0.4) is 0 Å². The molecule has 1 aromatic carbocycles. The van der Waals surface area contributed by atoms with Gasteiger partial charge in [0.2, 0.25) is 0 Å². The average molecular weight is 429 g/mol. The highest BCUT2D eigenvalue weighted by atomic mass is 32.1. The van der Waals surface area contributed by atoms with E-state index in [1.165, 1.54) is 0 Å². The zero-order valence-electron chi connectivity index (χ0n) is 15.9. The van der Waals surface area contributed by atoms with Crippen LogP contribution in [-0.2, 0) is 0 Å². The summed E-state index contributed by atoms with van der Waals surface area (Å²) in [5, 5.41) is 13.4. The molecule has 0 saturated heterocycles. The Morgan fingerprint density at radius 2 is 1.86 bits per heavy atom. The van der Waals surface area contributed by atoms with E-state index in [1.807, 2.05) is 20.0 Å². The molecule has 29 heavy (non-hydrogen) atoms. The van der Waals surface area contributed by atoms with E-state index in [9.17, 15) is 9.59 Å². The van der Waals surface area contributed by atoms with Gasteiger partial charge in [-0.25, -0.2) is 15.4 Å². The lowest BCUT2D eigenvalue weighted by Gasteiger charge is -2.14. The molecular formula is C20H20N4O3S2. The van der Waals surface area contributed by atoms with Gasteiger partial charge in [-0.15, -0.1) is 22.7 Å².